The summed E-state index contributed by atoms with van der Waals surface area (Å²) in [5.41, 5.74) is 3.39. The van der Waals surface area contributed by atoms with Gasteiger partial charge in [-0.15, -0.1) is 0 Å². The molecule has 2 rings (SSSR count). The molecule has 114 valence electrons. The molecule has 0 saturated heterocycles. The van der Waals surface area contributed by atoms with Crippen molar-refractivity contribution in [1.29, 1.82) is 0 Å². The highest BCUT2D eigenvalue weighted by Gasteiger charge is 2.12. The molecule has 0 aliphatic carbocycles. The lowest BCUT2D eigenvalue weighted by Gasteiger charge is -2.18. The van der Waals surface area contributed by atoms with E-state index in [1.54, 1.807) is 6.08 Å². The molecule has 0 spiro atoms. The van der Waals surface area contributed by atoms with E-state index in [1.807, 2.05) is 42.5 Å². The second-order valence-corrected chi connectivity index (χ2v) is 6.30. The van der Waals surface area contributed by atoms with Crippen LogP contribution in [0.3, 0.4) is 0 Å². The molecule has 22 heavy (non-hydrogen) atoms. The van der Waals surface area contributed by atoms with Gasteiger partial charge >= 0.3 is 5.97 Å². The number of hydrogen-bond acceptors (Lipinski definition) is 2. The number of esters is 1. The van der Waals surface area contributed by atoms with Crippen LogP contribution in [0.2, 0.25) is 0 Å². The highest BCUT2D eigenvalue weighted by Crippen LogP contribution is 2.22. The molecule has 0 N–H and O–H groups in total. The van der Waals surface area contributed by atoms with Crippen molar-refractivity contribution in [2.45, 2.75) is 32.8 Å². The van der Waals surface area contributed by atoms with E-state index in [2.05, 4.69) is 32.9 Å². The van der Waals surface area contributed by atoms with E-state index in [9.17, 15) is 4.79 Å². The van der Waals surface area contributed by atoms with Crippen molar-refractivity contribution in [3.8, 4) is 0 Å². The molecule has 0 aliphatic rings. The van der Waals surface area contributed by atoms with Crippen molar-refractivity contribution in [2.75, 3.05) is 0 Å². The summed E-state index contributed by atoms with van der Waals surface area (Å²) in [6.45, 7) is 6.84. The van der Waals surface area contributed by atoms with Gasteiger partial charge in [0.25, 0.3) is 0 Å². The lowest BCUT2D eigenvalue weighted by atomic mass is 9.87. The third kappa shape index (κ3) is 4.88. The Morgan fingerprint density at radius 2 is 1.64 bits per heavy atom. The largest absolute Gasteiger partial charge is 0.458 e. The Morgan fingerprint density at radius 3 is 2.23 bits per heavy atom. The lowest BCUT2D eigenvalue weighted by Crippen LogP contribution is -2.10. The zero-order chi connectivity index (χ0) is 16.0. The summed E-state index contributed by atoms with van der Waals surface area (Å²) in [7, 11) is 0. The molecule has 0 atom stereocenters. The average Bonchev–Trinajstić information content (AvgIpc) is 2.51. The Bertz CT molecular complexity index is 632. The first-order valence-electron chi connectivity index (χ1n) is 7.44. The maximum atomic E-state index is 11.7. The molecule has 2 nitrogen and oxygen atoms in total. The summed E-state index contributed by atoms with van der Waals surface area (Å²) in [6.07, 6.45) is 3.24. The lowest BCUT2D eigenvalue weighted by molar-refractivity contribution is -0.138. The third-order valence-corrected chi connectivity index (χ3v) is 3.41. The van der Waals surface area contributed by atoms with Crippen LogP contribution in [-0.2, 0) is 21.6 Å². The number of carbonyl (C=O) groups is 1. The van der Waals surface area contributed by atoms with Gasteiger partial charge < -0.3 is 4.74 Å². The first-order valence-corrected chi connectivity index (χ1v) is 7.44. The summed E-state index contributed by atoms with van der Waals surface area (Å²) in [5.74, 6) is -0.330. The zero-order valence-corrected chi connectivity index (χ0v) is 13.4. The number of ether oxygens (including phenoxy) is 1. The molecule has 0 radical (unpaired) electrons. The molecule has 0 heterocycles. The van der Waals surface area contributed by atoms with Crippen molar-refractivity contribution in [2.24, 2.45) is 0 Å². The normalized spacial score (nSPS) is 11.6. The fourth-order valence-electron chi connectivity index (χ4n) is 2.04. The molecule has 0 saturated carbocycles. The summed E-state index contributed by atoms with van der Waals surface area (Å²) in [6, 6.07) is 17.9. The minimum Gasteiger partial charge on any atom is -0.458 e. The van der Waals surface area contributed by atoms with Gasteiger partial charge in [0.05, 0.1) is 0 Å². The van der Waals surface area contributed by atoms with Crippen molar-refractivity contribution in [3.05, 3.63) is 77.4 Å². The summed E-state index contributed by atoms with van der Waals surface area (Å²) < 4.78 is 5.20. The van der Waals surface area contributed by atoms with Crippen molar-refractivity contribution < 1.29 is 9.53 Å². The molecule has 2 aromatic rings. The van der Waals surface area contributed by atoms with Gasteiger partial charge in [-0.2, -0.15) is 0 Å². The van der Waals surface area contributed by atoms with Crippen LogP contribution in [0.4, 0.5) is 0 Å². The second kappa shape index (κ2) is 7.08. The third-order valence-electron chi connectivity index (χ3n) is 3.41. The highest BCUT2D eigenvalue weighted by molar-refractivity contribution is 5.87. The van der Waals surface area contributed by atoms with Gasteiger partial charge in [0, 0.05) is 6.08 Å². The summed E-state index contributed by atoms with van der Waals surface area (Å²) in [5, 5.41) is 0. The quantitative estimate of drug-likeness (QED) is 0.601. The maximum Gasteiger partial charge on any atom is 0.331 e. The SMILES string of the molecule is CC(C)(C)c1ccc(/C=C/C(=O)OCc2ccccc2)cc1. The van der Waals surface area contributed by atoms with E-state index >= 15 is 0 Å². The van der Waals surface area contributed by atoms with Gasteiger partial charge in [-0.3, -0.25) is 0 Å². The van der Waals surface area contributed by atoms with Crippen LogP contribution in [0.25, 0.3) is 6.08 Å². The first-order chi connectivity index (χ1) is 10.4. The zero-order valence-electron chi connectivity index (χ0n) is 13.4. The number of benzene rings is 2. The summed E-state index contributed by atoms with van der Waals surface area (Å²) in [4.78, 5) is 11.7. The molecule has 0 amide bonds. The smallest absolute Gasteiger partial charge is 0.331 e. The maximum absolute atomic E-state index is 11.7. The van der Waals surface area contributed by atoms with Gasteiger partial charge in [-0.05, 0) is 28.2 Å². The van der Waals surface area contributed by atoms with Crippen molar-refractivity contribution in [3.63, 3.8) is 0 Å². The molecule has 0 aromatic heterocycles. The highest BCUT2D eigenvalue weighted by atomic mass is 16.5. The van der Waals surface area contributed by atoms with Crippen LogP contribution >= 0.6 is 0 Å². The van der Waals surface area contributed by atoms with Crippen LogP contribution < -0.4 is 0 Å². The van der Waals surface area contributed by atoms with E-state index in [0.29, 0.717) is 6.61 Å². The van der Waals surface area contributed by atoms with Gasteiger partial charge in [-0.25, -0.2) is 4.79 Å². The minimum absolute atomic E-state index is 0.136. The van der Waals surface area contributed by atoms with E-state index in [-0.39, 0.29) is 11.4 Å². The Morgan fingerprint density at radius 1 is 1.00 bits per heavy atom. The molecule has 0 unspecified atom stereocenters. The summed E-state index contributed by atoms with van der Waals surface area (Å²) >= 11 is 0. The van der Waals surface area contributed by atoms with E-state index in [4.69, 9.17) is 4.74 Å². The average molecular weight is 294 g/mol. The molecule has 2 heteroatoms. The van der Waals surface area contributed by atoms with E-state index in [1.165, 1.54) is 11.6 Å². The van der Waals surface area contributed by atoms with Crippen molar-refractivity contribution in [1.82, 2.24) is 0 Å². The molecule has 2 aromatic carbocycles. The van der Waals surface area contributed by atoms with E-state index in [0.717, 1.165) is 11.1 Å². The molecule has 0 bridgehead atoms. The second-order valence-electron chi connectivity index (χ2n) is 6.30. The van der Waals surface area contributed by atoms with Gasteiger partial charge in [0.2, 0.25) is 0 Å². The Hall–Kier alpha value is -2.35. The van der Waals surface area contributed by atoms with Crippen LogP contribution in [-0.4, -0.2) is 5.97 Å². The van der Waals surface area contributed by atoms with Crippen LogP contribution in [0.5, 0.6) is 0 Å². The molecular formula is C20H22O2. The van der Waals surface area contributed by atoms with Crippen LogP contribution in [0.15, 0.2) is 60.7 Å². The topological polar surface area (TPSA) is 26.3 Å². The fourth-order valence-corrected chi connectivity index (χ4v) is 2.04. The Balaban J connectivity index is 1.90. The Kier molecular flexibility index (Phi) is 5.16. The van der Waals surface area contributed by atoms with Gasteiger partial charge in [0.15, 0.2) is 0 Å². The number of rotatable bonds is 4. The van der Waals surface area contributed by atoms with Crippen LogP contribution in [0, 0.1) is 0 Å². The fraction of sp³-hybridized carbons (Fsp3) is 0.250. The molecular weight excluding hydrogens is 272 g/mol. The number of carbonyl (C=O) groups excluding carboxylic acids is 1. The van der Waals surface area contributed by atoms with E-state index < -0.39 is 0 Å². The predicted molar refractivity (Wildman–Crippen MR) is 90.4 cm³/mol. The Labute approximate surface area is 132 Å². The molecule has 0 fully saturated rings. The van der Waals surface area contributed by atoms with Crippen LogP contribution in [0.1, 0.15) is 37.5 Å². The minimum atomic E-state index is -0.330. The molecule has 0 aliphatic heterocycles. The first kappa shape index (κ1) is 16.0. The standard InChI is InChI=1S/C20H22O2/c1-20(2,3)18-12-9-16(10-13-18)11-14-19(21)22-15-17-7-5-4-6-8-17/h4-14H,15H2,1-3H3/b14-11+. The van der Waals surface area contributed by atoms with Gasteiger partial charge in [0.1, 0.15) is 6.61 Å². The monoisotopic (exact) mass is 294 g/mol. The predicted octanol–water partition coefficient (Wildman–Crippen LogP) is 4.74. The van der Waals surface area contributed by atoms with Gasteiger partial charge in [-0.1, -0.05) is 75.4 Å². The van der Waals surface area contributed by atoms with Crippen molar-refractivity contribution >= 4 is 12.0 Å². The number of hydrogen-bond donors (Lipinski definition) is 0.